The van der Waals surface area contributed by atoms with Gasteiger partial charge in [-0.1, -0.05) is 0 Å². The number of nitrogens with zero attached hydrogens (tertiary/aromatic N) is 3. The van der Waals surface area contributed by atoms with Crippen LogP contribution in [-0.4, -0.2) is 92.1 Å². The van der Waals surface area contributed by atoms with Crippen LogP contribution in [0, 0.1) is 11.6 Å². The van der Waals surface area contributed by atoms with Crippen LogP contribution < -0.4 is 5.32 Å². The van der Waals surface area contributed by atoms with E-state index in [1.54, 1.807) is 0 Å². The average Bonchev–Trinajstić information content (AvgIpc) is 2.70. The van der Waals surface area contributed by atoms with E-state index in [1.807, 2.05) is 4.90 Å². The molecule has 0 bridgehead atoms. The van der Waals surface area contributed by atoms with Gasteiger partial charge in [-0.15, -0.1) is 0 Å². The van der Waals surface area contributed by atoms with Gasteiger partial charge < -0.3 is 15.0 Å². The van der Waals surface area contributed by atoms with E-state index in [0.717, 1.165) is 25.2 Å². The summed E-state index contributed by atoms with van der Waals surface area (Å²) in [6.07, 6.45) is 0.251. The molecule has 1 N–H and O–H groups in total. The molecule has 2 saturated heterocycles. The molecule has 0 saturated carbocycles. The number of rotatable bonds is 6. The lowest BCUT2D eigenvalue weighted by Gasteiger charge is -2.36. The predicted octanol–water partition coefficient (Wildman–Crippen LogP) is 0.770. The van der Waals surface area contributed by atoms with Gasteiger partial charge in [0.25, 0.3) is 0 Å². The zero-order chi connectivity index (χ0) is 19.9. The van der Waals surface area contributed by atoms with E-state index in [0.29, 0.717) is 52.5 Å². The average molecular weight is 396 g/mol. The number of halogens is 2. The van der Waals surface area contributed by atoms with Crippen molar-refractivity contribution in [3.63, 3.8) is 0 Å². The molecule has 2 aliphatic heterocycles. The molecule has 0 radical (unpaired) electrons. The molecule has 3 rings (SSSR count). The number of nitrogens with one attached hydrogen (secondary N) is 1. The molecule has 9 heteroatoms. The summed E-state index contributed by atoms with van der Waals surface area (Å²) < 4.78 is 31.4. The van der Waals surface area contributed by atoms with Crippen molar-refractivity contribution >= 4 is 17.5 Å². The molecule has 154 valence electrons. The monoisotopic (exact) mass is 396 g/mol. The zero-order valence-corrected chi connectivity index (χ0v) is 15.8. The number of carbonyl (C=O) groups is 2. The summed E-state index contributed by atoms with van der Waals surface area (Å²) in [5.41, 5.74) is 0.238. The molecular weight excluding hydrogens is 370 g/mol. The molecular formula is C19H26F2N4O3. The Kier molecular flexibility index (Phi) is 7.30. The molecule has 0 spiro atoms. The van der Waals surface area contributed by atoms with Gasteiger partial charge in [0, 0.05) is 64.0 Å². The first kappa shape index (κ1) is 20.6. The minimum Gasteiger partial charge on any atom is -0.379 e. The standard InChI is InChI=1S/C19H26F2N4O3/c20-16-2-1-15(13-17(16)21)22-18(26)3-4-23-5-7-25(8-6-23)19(27)14-24-9-11-28-12-10-24/h1-2,13H,3-12,14H2,(H,22,26). The Morgan fingerprint density at radius 3 is 2.36 bits per heavy atom. The Hall–Kier alpha value is -2.10. The lowest BCUT2D eigenvalue weighted by atomic mass is 10.2. The SMILES string of the molecule is O=C(CCN1CCN(C(=O)CN2CCOCC2)CC1)Nc1ccc(F)c(F)c1. The summed E-state index contributed by atoms with van der Waals surface area (Å²) in [7, 11) is 0. The molecule has 0 aromatic heterocycles. The predicted molar refractivity (Wildman–Crippen MR) is 99.9 cm³/mol. The molecule has 2 aliphatic rings. The van der Waals surface area contributed by atoms with E-state index in [4.69, 9.17) is 4.74 Å². The van der Waals surface area contributed by atoms with E-state index < -0.39 is 11.6 Å². The molecule has 0 atom stereocenters. The van der Waals surface area contributed by atoms with Crippen LogP contribution in [0.4, 0.5) is 14.5 Å². The third-order valence-corrected chi connectivity index (χ3v) is 5.05. The first-order valence-corrected chi connectivity index (χ1v) is 9.56. The van der Waals surface area contributed by atoms with Crippen LogP contribution in [0.25, 0.3) is 0 Å². The third kappa shape index (κ3) is 5.95. The van der Waals surface area contributed by atoms with Crippen molar-refractivity contribution in [3.05, 3.63) is 29.8 Å². The first-order valence-electron chi connectivity index (χ1n) is 9.56. The van der Waals surface area contributed by atoms with Gasteiger partial charge in [0.1, 0.15) is 0 Å². The second kappa shape index (κ2) is 9.90. The van der Waals surface area contributed by atoms with Crippen LogP contribution in [0.3, 0.4) is 0 Å². The van der Waals surface area contributed by atoms with Gasteiger partial charge in [-0.05, 0) is 12.1 Å². The Balaban J connectivity index is 1.35. The Bertz CT molecular complexity index is 690. The number of ether oxygens (including phenoxy) is 1. The smallest absolute Gasteiger partial charge is 0.236 e. The van der Waals surface area contributed by atoms with E-state index in [1.165, 1.54) is 6.07 Å². The van der Waals surface area contributed by atoms with E-state index in [2.05, 4.69) is 15.1 Å². The van der Waals surface area contributed by atoms with Gasteiger partial charge in [0.2, 0.25) is 11.8 Å². The number of benzene rings is 1. The Labute approximate surface area is 163 Å². The minimum atomic E-state index is -0.990. The Morgan fingerprint density at radius 2 is 1.68 bits per heavy atom. The number of hydrogen-bond donors (Lipinski definition) is 1. The Morgan fingerprint density at radius 1 is 0.964 bits per heavy atom. The van der Waals surface area contributed by atoms with Crippen molar-refractivity contribution < 1.29 is 23.1 Å². The fourth-order valence-electron chi connectivity index (χ4n) is 3.33. The second-order valence-corrected chi connectivity index (χ2v) is 7.04. The lowest BCUT2D eigenvalue weighted by molar-refractivity contribution is -0.135. The van der Waals surface area contributed by atoms with Crippen molar-refractivity contribution in [2.45, 2.75) is 6.42 Å². The van der Waals surface area contributed by atoms with Gasteiger partial charge in [-0.25, -0.2) is 8.78 Å². The van der Waals surface area contributed by atoms with Gasteiger partial charge in [0.05, 0.1) is 19.8 Å². The fraction of sp³-hybridized carbons (Fsp3) is 0.579. The van der Waals surface area contributed by atoms with Crippen molar-refractivity contribution in [1.29, 1.82) is 0 Å². The number of amides is 2. The highest BCUT2D eigenvalue weighted by Gasteiger charge is 2.23. The molecule has 2 fully saturated rings. The molecule has 1 aromatic rings. The highest BCUT2D eigenvalue weighted by molar-refractivity contribution is 5.90. The van der Waals surface area contributed by atoms with Gasteiger partial charge >= 0.3 is 0 Å². The molecule has 0 unspecified atom stereocenters. The van der Waals surface area contributed by atoms with E-state index >= 15 is 0 Å². The summed E-state index contributed by atoms with van der Waals surface area (Å²) >= 11 is 0. The maximum absolute atomic E-state index is 13.2. The summed E-state index contributed by atoms with van der Waals surface area (Å²) in [4.78, 5) is 30.5. The van der Waals surface area contributed by atoms with Gasteiger partial charge in [0.15, 0.2) is 11.6 Å². The lowest BCUT2D eigenvalue weighted by Crippen LogP contribution is -2.52. The highest BCUT2D eigenvalue weighted by atomic mass is 19.2. The van der Waals surface area contributed by atoms with Crippen LogP contribution in [-0.2, 0) is 14.3 Å². The summed E-state index contributed by atoms with van der Waals surface area (Å²) in [5, 5.41) is 2.57. The number of anilines is 1. The molecule has 1 aromatic carbocycles. The molecule has 28 heavy (non-hydrogen) atoms. The number of piperazine rings is 1. The largest absolute Gasteiger partial charge is 0.379 e. The molecule has 0 aliphatic carbocycles. The van der Waals surface area contributed by atoms with E-state index in [-0.39, 0.29) is 23.9 Å². The van der Waals surface area contributed by atoms with Crippen molar-refractivity contribution in [1.82, 2.24) is 14.7 Å². The zero-order valence-electron chi connectivity index (χ0n) is 15.8. The highest BCUT2D eigenvalue weighted by Crippen LogP contribution is 2.13. The first-order chi connectivity index (χ1) is 13.5. The van der Waals surface area contributed by atoms with Crippen molar-refractivity contribution in [2.24, 2.45) is 0 Å². The topological polar surface area (TPSA) is 65.1 Å². The van der Waals surface area contributed by atoms with Crippen LogP contribution >= 0.6 is 0 Å². The number of carbonyl (C=O) groups excluding carboxylic acids is 2. The van der Waals surface area contributed by atoms with E-state index in [9.17, 15) is 18.4 Å². The molecule has 7 nitrogen and oxygen atoms in total. The molecule has 2 heterocycles. The maximum atomic E-state index is 13.2. The quantitative estimate of drug-likeness (QED) is 0.770. The van der Waals surface area contributed by atoms with Gasteiger partial charge in [-0.2, -0.15) is 0 Å². The number of morpholine rings is 1. The fourth-order valence-corrected chi connectivity index (χ4v) is 3.33. The number of hydrogen-bond acceptors (Lipinski definition) is 5. The third-order valence-electron chi connectivity index (χ3n) is 5.05. The maximum Gasteiger partial charge on any atom is 0.236 e. The van der Waals surface area contributed by atoms with Crippen LogP contribution in [0.5, 0.6) is 0 Å². The minimum absolute atomic E-state index is 0.137. The second-order valence-electron chi connectivity index (χ2n) is 7.04. The van der Waals surface area contributed by atoms with Crippen LogP contribution in [0.1, 0.15) is 6.42 Å². The van der Waals surface area contributed by atoms with Crippen LogP contribution in [0.15, 0.2) is 18.2 Å². The van der Waals surface area contributed by atoms with Gasteiger partial charge in [-0.3, -0.25) is 19.4 Å². The normalized spacial score (nSPS) is 18.9. The van der Waals surface area contributed by atoms with Crippen LogP contribution in [0.2, 0.25) is 0 Å². The summed E-state index contributed by atoms with van der Waals surface area (Å²) in [5.74, 6) is -2.05. The van der Waals surface area contributed by atoms with Crippen molar-refractivity contribution in [3.8, 4) is 0 Å². The summed E-state index contributed by atoms with van der Waals surface area (Å²) in [6.45, 7) is 6.64. The summed E-state index contributed by atoms with van der Waals surface area (Å²) in [6, 6.07) is 3.28. The molecule has 2 amide bonds. The van der Waals surface area contributed by atoms with Crippen molar-refractivity contribution in [2.75, 3.05) is 70.9 Å².